The van der Waals surface area contributed by atoms with Crippen LogP contribution in [0.15, 0.2) is 12.4 Å². The van der Waals surface area contributed by atoms with Gasteiger partial charge in [0.25, 0.3) is 0 Å². The summed E-state index contributed by atoms with van der Waals surface area (Å²) in [6.45, 7) is 6.55. The zero-order chi connectivity index (χ0) is 13.5. The molecule has 0 aliphatic carbocycles. The fraction of sp³-hybridized carbons (Fsp3) is 0.786. The maximum atomic E-state index is 4.56. The number of aromatic nitrogens is 2. The predicted octanol–water partition coefficient (Wildman–Crippen LogP) is 2.66. The molecule has 1 fully saturated rings. The van der Waals surface area contributed by atoms with Gasteiger partial charge >= 0.3 is 0 Å². The van der Waals surface area contributed by atoms with Crippen LogP contribution in [-0.2, 0) is 13.0 Å². The van der Waals surface area contributed by atoms with Gasteiger partial charge in [0, 0.05) is 53.9 Å². The van der Waals surface area contributed by atoms with E-state index >= 15 is 0 Å². The van der Waals surface area contributed by atoms with Crippen molar-refractivity contribution in [1.29, 1.82) is 0 Å². The molecule has 2 atom stereocenters. The molecule has 1 aliphatic heterocycles. The summed E-state index contributed by atoms with van der Waals surface area (Å²) in [6.07, 6.45) is 6.28. The molecule has 0 amide bonds. The molecule has 1 saturated heterocycles. The molecule has 3 nitrogen and oxygen atoms in total. The van der Waals surface area contributed by atoms with Gasteiger partial charge in [-0.15, -0.1) is 0 Å². The summed E-state index contributed by atoms with van der Waals surface area (Å²) < 4.78 is 2.31. The van der Waals surface area contributed by atoms with Crippen LogP contribution in [0.3, 0.4) is 0 Å². The van der Waals surface area contributed by atoms with Gasteiger partial charge < -0.3 is 9.88 Å². The Morgan fingerprint density at radius 1 is 1.47 bits per heavy atom. The van der Waals surface area contributed by atoms with Gasteiger partial charge in [-0.3, -0.25) is 0 Å². The van der Waals surface area contributed by atoms with Crippen molar-refractivity contribution < 1.29 is 0 Å². The Hall–Kier alpha value is -0.130. The Morgan fingerprint density at radius 2 is 2.37 bits per heavy atom. The minimum absolute atomic E-state index is 0.556. The molecule has 2 heterocycles. The fourth-order valence-electron chi connectivity index (χ4n) is 2.51. The second kappa shape index (κ2) is 8.22. The van der Waals surface area contributed by atoms with Crippen molar-refractivity contribution in [2.24, 2.45) is 0 Å². The van der Waals surface area contributed by atoms with Crippen molar-refractivity contribution >= 4 is 23.5 Å². The number of nitrogens with one attached hydrogen (secondary N) is 1. The monoisotopic (exact) mass is 299 g/mol. The summed E-state index contributed by atoms with van der Waals surface area (Å²) in [5, 5.41) is 4.40. The number of likely N-dealkylation sites (N-methyl/N-ethyl adjacent to an activating group) is 1. The molecule has 2 rings (SSSR count). The number of rotatable bonds is 7. The average Bonchev–Trinajstić information content (AvgIpc) is 2.87. The van der Waals surface area contributed by atoms with Gasteiger partial charge in [0.05, 0.1) is 0 Å². The lowest BCUT2D eigenvalue weighted by molar-refractivity contribution is 0.496. The van der Waals surface area contributed by atoms with E-state index in [1.807, 2.05) is 6.20 Å². The molecule has 5 heteroatoms. The third-order valence-electron chi connectivity index (χ3n) is 3.43. The largest absolute Gasteiger partial charge is 0.335 e. The number of nitrogens with zero attached hydrogens (tertiary/aromatic N) is 2. The number of hydrogen-bond acceptors (Lipinski definition) is 4. The molecule has 2 unspecified atom stereocenters. The highest BCUT2D eigenvalue weighted by atomic mass is 32.2. The van der Waals surface area contributed by atoms with E-state index in [0.29, 0.717) is 6.04 Å². The zero-order valence-electron chi connectivity index (χ0n) is 12.0. The van der Waals surface area contributed by atoms with Crippen molar-refractivity contribution in [2.75, 3.05) is 23.8 Å². The Kier molecular flexibility index (Phi) is 6.61. The molecule has 19 heavy (non-hydrogen) atoms. The molecule has 0 bridgehead atoms. The van der Waals surface area contributed by atoms with E-state index < -0.39 is 0 Å². The van der Waals surface area contributed by atoms with Crippen molar-refractivity contribution in [3.63, 3.8) is 0 Å². The van der Waals surface area contributed by atoms with E-state index in [-0.39, 0.29) is 0 Å². The Morgan fingerprint density at radius 3 is 3.05 bits per heavy atom. The molecule has 1 aliphatic rings. The van der Waals surface area contributed by atoms with Crippen LogP contribution in [0.2, 0.25) is 0 Å². The van der Waals surface area contributed by atoms with Crippen LogP contribution in [-0.4, -0.2) is 44.6 Å². The van der Waals surface area contributed by atoms with Crippen molar-refractivity contribution in [3.05, 3.63) is 18.2 Å². The SMILES string of the molecule is CCCn1ccnc1CC(NCC)C1CSCCS1. The third-order valence-corrected chi connectivity index (χ3v) is 6.35. The van der Waals surface area contributed by atoms with Crippen molar-refractivity contribution in [3.8, 4) is 0 Å². The standard InChI is InChI=1S/C14H25N3S2/c1-3-6-17-7-5-16-14(17)10-12(15-4-2)13-11-18-8-9-19-13/h5,7,12-13,15H,3-4,6,8-11H2,1-2H3. The van der Waals surface area contributed by atoms with E-state index in [1.54, 1.807) is 0 Å². The second-order valence-corrected chi connectivity index (χ2v) is 7.39. The number of imidazole rings is 1. The average molecular weight is 300 g/mol. The maximum Gasteiger partial charge on any atom is 0.110 e. The minimum Gasteiger partial charge on any atom is -0.335 e. The molecular weight excluding hydrogens is 274 g/mol. The maximum absolute atomic E-state index is 4.56. The Bertz CT molecular complexity index is 361. The highest BCUT2D eigenvalue weighted by molar-refractivity contribution is 8.06. The van der Waals surface area contributed by atoms with Gasteiger partial charge in [0.15, 0.2) is 0 Å². The topological polar surface area (TPSA) is 29.9 Å². The lowest BCUT2D eigenvalue weighted by atomic mass is 10.1. The van der Waals surface area contributed by atoms with E-state index in [4.69, 9.17) is 0 Å². The first-order chi connectivity index (χ1) is 9.35. The normalized spacial score (nSPS) is 21.5. The van der Waals surface area contributed by atoms with Gasteiger partial charge in [0.1, 0.15) is 5.82 Å². The third kappa shape index (κ3) is 4.43. The van der Waals surface area contributed by atoms with E-state index in [1.165, 1.54) is 29.5 Å². The van der Waals surface area contributed by atoms with E-state index in [2.05, 4.69) is 58.4 Å². The molecule has 0 aromatic carbocycles. The highest BCUT2D eigenvalue weighted by Crippen LogP contribution is 2.27. The van der Waals surface area contributed by atoms with Gasteiger partial charge in [-0.05, 0) is 13.0 Å². The van der Waals surface area contributed by atoms with Gasteiger partial charge in [-0.25, -0.2) is 4.98 Å². The molecule has 108 valence electrons. The number of thioether (sulfide) groups is 2. The first-order valence-corrected chi connectivity index (χ1v) is 9.48. The quantitative estimate of drug-likeness (QED) is 0.838. The van der Waals surface area contributed by atoms with Crippen LogP contribution in [0.4, 0.5) is 0 Å². The van der Waals surface area contributed by atoms with Gasteiger partial charge in [0.2, 0.25) is 0 Å². The van der Waals surface area contributed by atoms with Crippen molar-refractivity contribution in [2.45, 2.75) is 44.5 Å². The van der Waals surface area contributed by atoms with Crippen LogP contribution < -0.4 is 5.32 Å². The molecule has 0 radical (unpaired) electrons. The zero-order valence-corrected chi connectivity index (χ0v) is 13.6. The van der Waals surface area contributed by atoms with Gasteiger partial charge in [-0.2, -0.15) is 23.5 Å². The first-order valence-electron chi connectivity index (χ1n) is 7.27. The molecule has 1 aromatic heterocycles. The predicted molar refractivity (Wildman–Crippen MR) is 87.3 cm³/mol. The van der Waals surface area contributed by atoms with Crippen LogP contribution in [0.5, 0.6) is 0 Å². The molecule has 1 aromatic rings. The highest BCUT2D eigenvalue weighted by Gasteiger charge is 2.25. The summed E-state index contributed by atoms with van der Waals surface area (Å²) in [5.41, 5.74) is 0. The van der Waals surface area contributed by atoms with Crippen LogP contribution in [0, 0.1) is 0 Å². The van der Waals surface area contributed by atoms with Crippen LogP contribution >= 0.6 is 23.5 Å². The van der Waals surface area contributed by atoms with Crippen LogP contribution in [0.1, 0.15) is 26.1 Å². The van der Waals surface area contributed by atoms with Crippen molar-refractivity contribution in [1.82, 2.24) is 14.9 Å². The second-order valence-electron chi connectivity index (χ2n) is 4.89. The summed E-state index contributed by atoms with van der Waals surface area (Å²) in [4.78, 5) is 4.56. The van der Waals surface area contributed by atoms with Crippen LogP contribution in [0.25, 0.3) is 0 Å². The summed E-state index contributed by atoms with van der Waals surface area (Å²) in [7, 11) is 0. The van der Waals surface area contributed by atoms with Gasteiger partial charge in [-0.1, -0.05) is 13.8 Å². The first kappa shape index (κ1) is 15.3. The summed E-state index contributed by atoms with van der Waals surface area (Å²) in [6, 6.07) is 0.556. The Balaban J connectivity index is 2.00. The molecule has 1 N–H and O–H groups in total. The fourth-order valence-corrected chi connectivity index (χ4v) is 5.40. The van der Waals surface area contributed by atoms with E-state index in [9.17, 15) is 0 Å². The smallest absolute Gasteiger partial charge is 0.110 e. The number of aryl methyl sites for hydroxylation is 1. The minimum atomic E-state index is 0.556. The number of hydrogen-bond donors (Lipinski definition) is 1. The lowest BCUT2D eigenvalue weighted by Crippen LogP contribution is -2.43. The van der Waals surface area contributed by atoms with E-state index in [0.717, 1.165) is 24.8 Å². The molecule has 0 spiro atoms. The lowest BCUT2D eigenvalue weighted by Gasteiger charge is -2.30. The molecule has 0 saturated carbocycles. The Labute approximate surface area is 125 Å². The molecular formula is C14H25N3S2. The summed E-state index contributed by atoms with van der Waals surface area (Å²) >= 11 is 4.23. The summed E-state index contributed by atoms with van der Waals surface area (Å²) in [5.74, 6) is 5.12.